The molecule has 0 saturated carbocycles. The van der Waals surface area contributed by atoms with Gasteiger partial charge in [0.25, 0.3) is 0 Å². The Bertz CT molecular complexity index is 530. The molecule has 1 heterocycles. The fraction of sp³-hybridized carbons (Fsp3) is 0.385. The van der Waals surface area contributed by atoms with Crippen molar-refractivity contribution >= 4 is 11.8 Å². The van der Waals surface area contributed by atoms with Crippen molar-refractivity contribution in [1.82, 2.24) is 10.1 Å². The lowest BCUT2D eigenvalue weighted by molar-refractivity contribution is 0.352. The number of ether oxygens (including phenoxy) is 1. The number of hydrogen-bond acceptors (Lipinski definition) is 6. The molecule has 0 aliphatic carbocycles. The van der Waals surface area contributed by atoms with Crippen LogP contribution in [-0.4, -0.2) is 29.3 Å². The van der Waals surface area contributed by atoms with Crippen LogP contribution in [0, 0.1) is 0 Å². The molecule has 0 fully saturated rings. The predicted octanol–water partition coefficient (Wildman–Crippen LogP) is 2.50. The molecule has 5 nitrogen and oxygen atoms in total. The van der Waals surface area contributed by atoms with Crippen LogP contribution < -0.4 is 10.5 Å². The Morgan fingerprint density at radius 1 is 1.42 bits per heavy atom. The number of rotatable bonds is 6. The number of hydrogen-bond donors (Lipinski definition) is 1. The summed E-state index contributed by atoms with van der Waals surface area (Å²) in [6, 6.07) is 7.33. The Hall–Kier alpha value is -1.53. The van der Waals surface area contributed by atoms with Gasteiger partial charge in [-0.15, -0.1) is 0 Å². The standard InChI is InChI=1S/C13H17N3O2S/c1-17-11-6-4-3-5-9(11)12-15-13(18-16-12)10(14)7-8-19-2/h3-6,10H,7-8,14H2,1-2H3. The molecule has 102 valence electrons. The first kappa shape index (κ1) is 13.9. The average molecular weight is 279 g/mol. The molecular weight excluding hydrogens is 262 g/mol. The average Bonchev–Trinajstić information content (AvgIpc) is 2.94. The van der Waals surface area contributed by atoms with Crippen molar-refractivity contribution in [3.8, 4) is 17.1 Å². The van der Waals surface area contributed by atoms with Crippen molar-refractivity contribution in [2.75, 3.05) is 19.1 Å². The van der Waals surface area contributed by atoms with Crippen LogP contribution in [0.5, 0.6) is 5.75 Å². The third-order valence-electron chi connectivity index (χ3n) is 2.74. The summed E-state index contributed by atoms with van der Waals surface area (Å²) in [6.07, 6.45) is 2.86. The third kappa shape index (κ3) is 3.27. The Balaban J connectivity index is 2.20. The van der Waals surface area contributed by atoms with E-state index in [-0.39, 0.29) is 6.04 Å². The molecule has 0 spiro atoms. The minimum Gasteiger partial charge on any atom is -0.496 e. The van der Waals surface area contributed by atoms with Gasteiger partial charge in [0.15, 0.2) is 0 Å². The summed E-state index contributed by atoms with van der Waals surface area (Å²) in [6.45, 7) is 0. The van der Waals surface area contributed by atoms with Gasteiger partial charge in [0.1, 0.15) is 5.75 Å². The maximum absolute atomic E-state index is 6.00. The van der Waals surface area contributed by atoms with Crippen molar-refractivity contribution < 1.29 is 9.26 Å². The van der Waals surface area contributed by atoms with E-state index >= 15 is 0 Å². The zero-order chi connectivity index (χ0) is 13.7. The van der Waals surface area contributed by atoms with Gasteiger partial charge in [-0.25, -0.2) is 0 Å². The monoisotopic (exact) mass is 279 g/mol. The van der Waals surface area contributed by atoms with E-state index < -0.39 is 0 Å². The zero-order valence-electron chi connectivity index (χ0n) is 11.0. The number of methoxy groups -OCH3 is 1. The van der Waals surface area contributed by atoms with E-state index in [2.05, 4.69) is 10.1 Å². The highest BCUT2D eigenvalue weighted by atomic mass is 32.2. The van der Waals surface area contributed by atoms with Gasteiger partial charge in [-0.1, -0.05) is 17.3 Å². The molecule has 0 amide bonds. The van der Waals surface area contributed by atoms with Crippen LogP contribution >= 0.6 is 11.8 Å². The smallest absolute Gasteiger partial charge is 0.243 e. The third-order valence-corrected chi connectivity index (χ3v) is 3.38. The van der Waals surface area contributed by atoms with Gasteiger partial charge in [-0.2, -0.15) is 16.7 Å². The molecule has 1 atom stereocenters. The number of benzene rings is 1. The molecular formula is C13H17N3O2S. The molecule has 2 rings (SSSR count). The molecule has 0 aliphatic rings. The Labute approximate surface area is 116 Å². The molecule has 1 unspecified atom stereocenters. The van der Waals surface area contributed by atoms with Crippen LogP contribution in [0.3, 0.4) is 0 Å². The van der Waals surface area contributed by atoms with E-state index in [1.165, 1.54) is 0 Å². The second-order valence-corrected chi connectivity index (χ2v) is 5.03. The second kappa shape index (κ2) is 6.58. The van der Waals surface area contributed by atoms with Gasteiger partial charge < -0.3 is 15.0 Å². The first-order chi connectivity index (χ1) is 9.26. The normalized spacial score (nSPS) is 12.4. The molecule has 2 N–H and O–H groups in total. The fourth-order valence-electron chi connectivity index (χ4n) is 1.69. The van der Waals surface area contributed by atoms with E-state index in [4.69, 9.17) is 15.0 Å². The molecule has 2 aromatic rings. The van der Waals surface area contributed by atoms with Crippen LogP contribution in [-0.2, 0) is 0 Å². The summed E-state index contributed by atoms with van der Waals surface area (Å²) in [4.78, 5) is 4.35. The van der Waals surface area contributed by atoms with Gasteiger partial charge in [0.2, 0.25) is 11.7 Å². The second-order valence-electron chi connectivity index (χ2n) is 4.04. The summed E-state index contributed by atoms with van der Waals surface area (Å²) in [5, 5.41) is 3.97. The van der Waals surface area contributed by atoms with Gasteiger partial charge in [-0.05, 0) is 30.6 Å². The minimum atomic E-state index is -0.219. The largest absolute Gasteiger partial charge is 0.496 e. The first-order valence-electron chi connectivity index (χ1n) is 5.97. The molecule has 0 radical (unpaired) electrons. The summed E-state index contributed by atoms with van der Waals surface area (Å²) in [7, 11) is 1.62. The van der Waals surface area contributed by atoms with Crippen LogP contribution in [0.4, 0.5) is 0 Å². The first-order valence-corrected chi connectivity index (χ1v) is 7.37. The lowest BCUT2D eigenvalue weighted by atomic mass is 10.2. The molecule has 6 heteroatoms. The Morgan fingerprint density at radius 2 is 2.21 bits per heavy atom. The Morgan fingerprint density at radius 3 is 2.95 bits per heavy atom. The van der Waals surface area contributed by atoms with E-state index in [1.807, 2.05) is 30.5 Å². The molecule has 0 aliphatic heterocycles. The van der Waals surface area contributed by atoms with Crippen molar-refractivity contribution in [2.24, 2.45) is 5.73 Å². The quantitative estimate of drug-likeness (QED) is 0.875. The van der Waals surface area contributed by atoms with Gasteiger partial charge >= 0.3 is 0 Å². The van der Waals surface area contributed by atoms with Crippen molar-refractivity contribution in [1.29, 1.82) is 0 Å². The highest BCUT2D eigenvalue weighted by molar-refractivity contribution is 7.98. The van der Waals surface area contributed by atoms with Crippen molar-refractivity contribution in [3.05, 3.63) is 30.2 Å². The lowest BCUT2D eigenvalue weighted by Crippen LogP contribution is -2.11. The zero-order valence-corrected chi connectivity index (χ0v) is 11.8. The molecule has 0 bridgehead atoms. The lowest BCUT2D eigenvalue weighted by Gasteiger charge is -2.04. The van der Waals surface area contributed by atoms with E-state index in [9.17, 15) is 0 Å². The van der Waals surface area contributed by atoms with Crippen molar-refractivity contribution in [2.45, 2.75) is 12.5 Å². The number of nitrogens with zero attached hydrogens (tertiary/aromatic N) is 2. The molecule has 0 saturated heterocycles. The maximum atomic E-state index is 6.00. The summed E-state index contributed by atoms with van der Waals surface area (Å²) in [5.41, 5.74) is 6.81. The number of nitrogens with two attached hydrogens (primary N) is 1. The maximum Gasteiger partial charge on any atom is 0.243 e. The van der Waals surface area contributed by atoms with Crippen LogP contribution in [0.15, 0.2) is 28.8 Å². The minimum absolute atomic E-state index is 0.219. The van der Waals surface area contributed by atoms with Crippen LogP contribution in [0.25, 0.3) is 11.4 Å². The Kier molecular flexibility index (Phi) is 4.81. The van der Waals surface area contributed by atoms with Gasteiger partial charge in [0.05, 0.1) is 18.7 Å². The summed E-state index contributed by atoms with van der Waals surface area (Å²) < 4.78 is 10.5. The van der Waals surface area contributed by atoms with Crippen LogP contribution in [0.2, 0.25) is 0 Å². The topological polar surface area (TPSA) is 74.2 Å². The highest BCUT2D eigenvalue weighted by Crippen LogP contribution is 2.28. The summed E-state index contributed by atoms with van der Waals surface area (Å²) >= 11 is 1.74. The number of aromatic nitrogens is 2. The fourth-order valence-corrected chi connectivity index (χ4v) is 2.18. The van der Waals surface area contributed by atoms with E-state index in [1.54, 1.807) is 18.9 Å². The van der Waals surface area contributed by atoms with Gasteiger partial charge in [-0.3, -0.25) is 0 Å². The molecule has 1 aromatic carbocycles. The molecule has 19 heavy (non-hydrogen) atoms. The van der Waals surface area contributed by atoms with Gasteiger partial charge in [0, 0.05) is 0 Å². The SMILES string of the molecule is COc1ccccc1-c1noc(C(N)CCSC)n1. The summed E-state index contributed by atoms with van der Waals surface area (Å²) in [5.74, 6) is 2.66. The van der Waals surface area contributed by atoms with Crippen molar-refractivity contribution in [3.63, 3.8) is 0 Å². The highest BCUT2D eigenvalue weighted by Gasteiger charge is 2.17. The number of para-hydroxylation sites is 1. The number of thioether (sulfide) groups is 1. The van der Waals surface area contributed by atoms with E-state index in [0.717, 1.165) is 17.7 Å². The van der Waals surface area contributed by atoms with Crippen LogP contribution in [0.1, 0.15) is 18.4 Å². The molecule has 1 aromatic heterocycles. The van der Waals surface area contributed by atoms with E-state index in [0.29, 0.717) is 17.5 Å². The predicted molar refractivity (Wildman–Crippen MR) is 76.2 cm³/mol.